The van der Waals surface area contributed by atoms with Crippen LogP contribution in [0.4, 0.5) is 4.79 Å². The van der Waals surface area contributed by atoms with Crippen molar-refractivity contribution in [3.8, 4) is 0 Å². The van der Waals surface area contributed by atoms with E-state index >= 15 is 0 Å². The number of ether oxygens (including phenoxy) is 1. The van der Waals surface area contributed by atoms with E-state index in [0.29, 0.717) is 6.42 Å². The van der Waals surface area contributed by atoms with E-state index in [1.807, 2.05) is 0 Å². The van der Waals surface area contributed by atoms with Crippen LogP contribution < -0.4 is 5.32 Å². The molecule has 0 spiro atoms. The number of hydrogen-bond acceptors (Lipinski definition) is 3. The van der Waals surface area contributed by atoms with Crippen molar-refractivity contribution < 1.29 is 14.3 Å². The molecule has 0 unspecified atom stereocenters. The summed E-state index contributed by atoms with van der Waals surface area (Å²) in [7, 11) is 0. The molecule has 1 amide bonds. The zero-order valence-electron chi connectivity index (χ0n) is 7.13. The largest absolute Gasteiger partial charge is 0.415 e. The van der Waals surface area contributed by atoms with Crippen LogP contribution in [-0.2, 0) is 9.53 Å². The Morgan fingerprint density at radius 3 is 2.67 bits per heavy atom. The van der Waals surface area contributed by atoms with Crippen molar-refractivity contribution in [3.63, 3.8) is 0 Å². The zero-order chi connectivity index (χ0) is 8.97. The number of rotatable bonds is 4. The minimum Gasteiger partial charge on any atom is -0.375 e. The molecule has 12 heavy (non-hydrogen) atoms. The Balaban J connectivity index is 2.24. The van der Waals surface area contributed by atoms with E-state index in [-0.39, 0.29) is 0 Å². The van der Waals surface area contributed by atoms with Gasteiger partial charge in [-0.2, -0.15) is 0 Å². The van der Waals surface area contributed by atoms with Gasteiger partial charge >= 0.3 is 12.1 Å². The molecule has 1 rings (SSSR count). The Morgan fingerprint density at radius 1 is 1.42 bits per heavy atom. The van der Waals surface area contributed by atoms with E-state index in [4.69, 9.17) is 0 Å². The topological polar surface area (TPSA) is 55.4 Å². The quantitative estimate of drug-likeness (QED) is 0.393. The third kappa shape index (κ3) is 2.22. The van der Waals surface area contributed by atoms with Crippen LogP contribution in [0.2, 0.25) is 0 Å². The van der Waals surface area contributed by atoms with E-state index < -0.39 is 18.1 Å². The zero-order valence-corrected chi connectivity index (χ0v) is 7.13. The summed E-state index contributed by atoms with van der Waals surface area (Å²) >= 11 is 0. The van der Waals surface area contributed by atoms with E-state index in [2.05, 4.69) is 17.0 Å². The first-order chi connectivity index (χ1) is 5.74. The molecule has 1 saturated heterocycles. The maximum Gasteiger partial charge on any atom is 0.415 e. The second-order valence-electron chi connectivity index (χ2n) is 2.90. The highest BCUT2D eigenvalue weighted by molar-refractivity contribution is 5.95. The summed E-state index contributed by atoms with van der Waals surface area (Å²) in [5.74, 6) is -0.434. The van der Waals surface area contributed by atoms with Gasteiger partial charge in [-0.1, -0.05) is 26.2 Å². The number of cyclic esters (lactones) is 2. The lowest BCUT2D eigenvalue weighted by Crippen LogP contribution is -2.28. The number of esters is 1. The molecule has 1 atom stereocenters. The maximum atomic E-state index is 10.9. The lowest BCUT2D eigenvalue weighted by Gasteiger charge is -2.02. The van der Waals surface area contributed by atoms with E-state index in [1.165, 1.54) is 0 Å². The molecule has 0 aromatic rings. The van der Waals surface area contributed by atoms with Crippen LogP contribution in [0.25, 0.3) is 0 Å². The third-order valence-electron chi connectivity index (χ3n) is 1.87. The lowest BCUT2D eigenvalue weighted by molar-refractivity contribution is -0.135. The number of unbranched alkanes of at least 4 members (excludes halogenated alkanes) is 2. The highest BCUT2D eigenvalue weighted by atomic mass is 16.6. The first kappa shape index (κ1) is 9.03. The highest BCUT2D eigenvalue weighted by Gasteiger charge is 2.31. The first-order valence-corrected chi connectivity index (χ1v) is 4.26. The average Bonchev–Trinajstić information content (AvgIpc) is 2.31. The van der Waals surface area contributed by atoms with Gasteiger partial charge in [0.1, 0.15) is 6.04 Å². The molecule has 0 radical (unpaired) electrons. The number of amides is 1. The summed E-state index contributed by atoms with van der Waals surface area (Å²) in [6.07, 6.45) is 3.23. The smallest absolute Gasteiger partial charge is 0.375 e. The Morgan fingerprint density at radius 2 is 2.17 bits per heavy atom. The van der Waals surface area contributed by atoms with Gasteiger partial charge in [0.05, 0.1) is 0 Å². The van der Waals surface area contributed by atoms with E-state index in [9.17, 15) is 9.59 Å². The van der Waals surface area contributed by atoms with E-state index in [1.54, 1.807) is 0 Å². The minimum atomic E-state index is -0.610. The monoisotopic (exact) mass is 171 g/mol. The van der Waals surface area contributed by atoms with Crippen molar-refractivity contribution in [2.45, 2.75) is 38.6 Å². The first-order valence-electron chi connectivity index (χ1n) is 4.26. The molecule has 0 aliphatic carbocycles. The van der Waals surface area contributed by atoms with Gasteiger partial charge in [-0.15, -0.1) is 0 Å². The van der Waals surface area contributed by atoms with E-state index in [0.717, 1.165) is 19.3 Å². The van der Waals surface area contributed by atoms with Crippen molar-refractivity contribution in [1.29, 1.82) is 0 Å². The summed E-state index contributed by atoms with van der Waals surface area (Å²) in [6.45, 7) is 2.09. The highest BCUT2D eigenvalue weighted by Crippen LogP contribution is 2.09. The fraction of sp³-hybridized carbons (Fsp3) is 0.750. The van der Waals surface area contributed by atoms with Crippen LogP contribution in [0.3, 0.4) is 0 Å². The van der Waals surface area contributed by atoms with Crippen molar-refractivity contribution in [2.24, 2.45) is 0 Å². The van der Waals surface area contributed by atoms with Crippen molar-refractivity contribution in [3.05, 3.63) is 0 Å². The fourth-order valence-corrected chi connectivity index (χ4v) is 1.18. The van der Waals surface area contributed by atoms with Crippen LogP contribution in [-0.4, -0.2) is 18.1 Å². The van der Waals surface area contributed by atoms with Crippen LogP contribution in [0.15, 0.2) is 0 Å². The average molecular weight is 171 g/mol. The SMILES string of the molecule is CCCCC[C@@H]1NC(=O)OC1=O. The number of alkyl carbamates (subject to hydrolysis) is 1. The number of carbonyl (C=O) groups excluding carboxylic acids is 2. The molecule has 1 N–H and O–H groups in total. The molecular weight excluding hydrogens is 158 g/mol. The van der Waals surface area contributed by atoms with Gasteiger partial charge in [-0.25, -0.2) is 9.59 Å². The van der Waals surface area contributed by atoms with Gasteiger partial charge < -0.3 is 10.1 Å². The van der Waals surface area contributed by atoms with Gasteiger partial charge in [-0.3, -0.25) is 0 Å². The second kappa shape index (κ2) is 4.09. The second-order valence-corrected chi connectivity index (χ2v) is 2.90. The molecule has 4 nitrogen and oxygen atoms in total. The summed E-state index contributed by atoms with van der Waals surface area (Å²) in [4.78, 5) is 21.4. The standard InChI is InChI=1S/C8H13NO3/c1-2-3-4-5-6-7(10)12-8(11)9-6/h6H,2-5H2,1H3,(H,9,11)/t6-/m0/s1. The van der Waals surface area contributed by atoms with Gasteiger partial charge in [0.25, 0.3) is 0 Å². The molecular formula is C8H13NO3. The third-order valence-corrected chi connectivity index (χ3v) is 1.87. The number of hydrogen-bond donors (Lipinski definition) is 1. The molecule has 0 bridgehead atoms. The van der Waals surface area contributed by atoms with Crippen molar-refractivity contribution in [1.82, 2.24) is 5.32 Å². The Hall–Kier alpha value is -1.06. The predicted molar refractivity (Wildman–Crippen MR) is 42.6 cm³/mol. The summed E-state index contributed by atoms with van der Waals surface area (Å²) in [5.41, 5.74) is 0. The molecule has 0 aromatic heterocycles. The Bertz CT molecular complexity index is 191. The number of carbonyl (C=O) groups is 2. The fourth-order valence-electron chi connectivity index (χ4n) is 1.18. The molecule has 1 fully saturated rings. The number of nitrogens with one attached hydrogen (secondary N) is 1. The van der Waals surface area contributed by atoms with Crippen molar-refractivity contribution >= 4 is 12.1 Å². The molecule has 1 aliphatic heterocycles. The maximum absolute atomic E-state index is 10.9. The summed E-state index contributed by atoms with van der Waals surface area (Å²) in [5, 5.41) is 2.45. The van der Waals surface area contributed by atoms with Crippen LogP contribution >= 0.6 is 0 Å². The molecule has 4 heteroatoms. The Labute approximate surface area is 71.3 Å². The molecule has 1 aliphatic rings. The minimum absolute atomic E-state index is 0.399. The molecule has 1 heterocycles. The van der Waals surface area contributed by atoms with Gasteiger partial charge in [-0.05, 0) is 6.42 Å². The summed E-state index contributed by atoms with van der Waals surface area (Å²) < 4.78 is 4.32. The Kier molecular flexibility index (Phi) is 3.08. The van der Waals surface area contributed by atoms with Crippen LogP contribution in [0.5, 0.6) is 0 Å². The van der Waals surface area contributed by atoms with Gasteiger partial charge in [0, 0.05) is 0 Å². The predicted octanol–water partition coefficient (Wildman–Crippen LogP) is 1.20. The summed E-state index contributed by atoms with van der Waals surface area (Å²) in [6, 6.07) is -0.399. The lowest BCUT2D eigenvalue weighted by atomic mass is 10.1. The molecule has 0 saturated carbocycles. The molecule has 0 aromatic carbocycles. The van der Waals surface area contributed by atoms with Crippen molar-refractivity contribution in [2.75, 3.05) is 0 Å². The molecule has 68 valence electrons. The van der Waals surface area contributed by atoms with Gasteiger partial charge in [0.2, 0.25) is 0 Å². The normalized spacial score (nSPS) is 22.2. The van der Waals surface area contributed by atoms with Gasteiger partial charge in [0.15, 0.2) is 0 Å². The van der Waals surface area contributed by atoms with Crippen LogP contribution in [0, 0.1) is 0 Å². The van der Waals surface area contributed by atoms with Crippen LogP contribution in [0.1, 0.15) is 32.6 Å².